The van der Waals surface area contributed by atoms with Gasteiger partial charge in [-0.25, -0.2) is 4.99 Å². The van der Waals surface area contributed by atoms with Gasteiger partial charge >= 0.3 is 0 Å². The molecule has 2 aliphatic heterocycles. The molecule has 12 nitrogen and oxygen atoms in total. The molecular formula is C88H89N5O7. The first kappa shape index (κ1) is 69.8. The maximum atomic E-state index is 13.9. The third kappa shape index (κ3) is 16.7. The van der Waals surface area contributed by atoms with Gasteiger partial charge in [0, 0.05) is 79.6 Å². The Hall–Kier alpha value is -11.5. The maximum Gasteiger partial charge on any atom is 0.255 e. The van der Waals surface area contributed by atoms with Crippen LogP contribution < -0.4 is 44.4 Å². The molecule has 5 aromatic carbocycles. The Morgan fingerprint density at radius 3 is 1.47 bits per heavy atom. The average Bonchev–Trinajstić information content (AvgIpc) is 1.60. The van der Waals surface area contributed by atoms with Crippen molar-refractivity contribution in [3.8, 4) is 34.5 Å². The Balaban J connectivity index is 0.845. The van der Waals surface area contributed by atoms with E-state index < -0.39 is 0 Å². The molecule has 0 fully saturated rings. The van der Waals surface area contributed by atoms with Crippen molar-refractivity contribution in [2.45, 2.75) is 73.6 Å². The van der Waals surface area contributed by atoms with Crippen molar-refractivity contribution < 1.29 is 33.2 Å². The Morgan fingerprint density at radius 1 is 0.500 bits per heavy atom. The van der Waals surface area contributed by atoms with Gasteiger partial charge in [-0.2, -0.15) is 0 Å². The number of hydrogen-bond donors (Lipinski definition) is 4. The summed E-state index contributed by atoms with van der Waals surface area (Å²) in [5.74, 6) is 3.19. The zero-order valence-electron chi connectivity index (χ0n) is 59.5. The molecule has 100 heavy (non-hydrogen) atoms. The Kier molecular flexibility index (Phi) is 22.2. The Bertz CT molecular complexity index is 4870. The predicted molar refractivity (Wildman–Crippen MR) is 410 cm³/mol. The number of fused-ring (bicyclic) bond motifs is 7. The van der Waals surface area contributed by atoms with Gasteiger partial charge in [-0.3, -0.25) is 4.79 Å². The summed E-state index contributed by atoms with van der Waals surface area (Å²) in [7, 11) is 9.88. The van der Waals surface area contributed by atoms with Crippen LogP contribution >= 0.6 is 0 Å². The summed E-state index contributed by atoms with van der Waals surface area (Å²) in [6, 6.07) is 45.8. The second kappa shape index (κ2) is 31.8. The summed E-state index contributed by atoms with van der Waals surface area (Å²) in [5, 5.41) is 4.76. The molecule has 0 saturated carbocycles. The molecule has 3 aromatic heterocycles. The monoisotopic (exact) mass is 1330 g/mol. The van der Waals surface area contributed by atoms with Crippen LogP contribution in [0.1, 0.15) is 135 Å². The number of nitrogens with one attached hydrogen (secondary N) is 4. The molecule has 0 radical (unpaired) electrons. The SMILES string of the molecule is COc1cc(OC)cc(C2=C3C=CC(=N3)C(c3cc(OC)cc(OC)c3)=c3ccc([nH]3)=C(c3cc(OC)cc(OC)c3)c3ccc([nH]3)C(c3ccc(NC(=O)c4ccc(/C=C/C(C)=C/C=C/C(C)=C/C=C/C=C(C)/C=C/C=C(C)/C=C/C5=C(C)CCCC5(C)C)cc4)cc3)c3ccc2[nH]3)c1. The van der Waals surface area contributed by atoms with Gasteiger partial charge in [-0.05, 0) is 202 Å². The lowest BCUT2D eigenvalue weighted by molar-refractivity contribution is 0.102. The molecule has 11 rings (SSSR count). The molecule has 1 unspecified atom stereocenters. The molecular weight excluding hydrogens is 1240 g/mol. The number of carbonyl (C=O) groups excluding carboxylic acids is 1. The predicted octanol–water partition coefficient (Wildman–Crippen LogP) is 18.9. The van der Waals surface area contributed by atoms with E-state index in [0.717, 1.165) is 89.2 Å². The highest BCUT2D eigenvalue weighted by molar-refractivity contribution is 6.30. The highest BCUT2D eigenvalue weighted by atomic mass is 16.5. The van der Waals surface area contributed by atoms with E-state index in [1.807, 2.05) is 103 Å². The first-order valence-electron chi connectivity index (χ1n) is 33.8. The fraction of sp³-hybridized carbons (Fsp3) is 0.205. The summed E-state index contributed by atoms with van der Waals surface area (Å²) >= 11 is 0. The van der Waals surface area contributed by atoms with E-state index >= 15 is 0 Å². The minimum Gasteiger partial charge on any atom is -0.497 e. The van der Waals surface area contributed by atoms with Crippen LogP contribution in [0.15, 0.2) is 275 Å². The topological polar surface area (TPSA) is 144 Å². The molecule has 12 heteroatoms. The van der Waals surface area contributed by atoms with Crippen LogP contribution in [0, 0.1) is 5.41 Å². The molecule has 5 heterocycles. The van der Waals surface area contributed by atoms with Gasteiger partial charge in [0.05, 0.1) is 60.0 Å². The van der Waals surface area contributed by atoms with Crippen molar-refractivity contribution >= 4 is 40.1 Å². The van der Waals surface area contributed by atoms with E-state index in [0.29, 0.717) is 57.2 Å². The Morgan fingerprint density at radius 2 is 0.960 bits per heavy atom. The van der Waals surface area contributed by atoms with E-state index in [-0.39, 0.29) is 17.2 Å². The number of rotatable bonds is 22. The standard InChI is InChI=1S/C88H89N5O7/c1-56(19-14-15-20-57(2)22-17-24-59(4)27-37-74-60(5)25-18-46-88(74,6)7)21-16-23-58(3)26-28-61-29-31-63(32-30-61)87(94)89-67-35-33-62(34-36-67)83-75-38-40-77(90-75)84(64-47-68(95-8)53-69(48-64)96-9)79-42-44-81(92-79)86(66-51-72(99-12)55-73(52-66)100-13)82-45-43-80(93-82)85(78-41-39-76(83)91-78)65-49-70(97-10)54-71(50-65)98-11/h14-17,19-24,26-45,47-55,83,90-92H,18,25,46H2,1-13H3,(H,89,94)/b15-14+,21-16+,22-17+,28-26+,37-27+,56-19+,57-20+,58-23+,59-24+,84-79?,85-80?,86-81?. The first-order valence-corrected chi connectivity index (χ1v) is 33.8. The third-order valence-corrected chi connectivity index (χ3v) is 18.4. The number of allylic oxidation sites excluding steroid dienone is 21. The number of aliphatic imine (C=N–C) groups is 1. The van der Waals surface area contributed by atoms with Crippen LogP contribution in [-0.4, -0.2) is 69.2 Å². The second-order valence-corrected chi connectivity index (χ2v) is 26.1. The molecule has 0 spiro atoms. The van der Waals surface area contributed by atoms with Gasteiger partial charge in [-0.15, -0.1) is 0 Å². The summed E-state index contributed by atoms with van der Waals surface area (Å²) in [4.78, 5) is 31.1. The number of methoxy groups -OCH3 is 6. The van der Waals surface area contributed by atoms with Crippen LogP contribution in [0.4, 0.5) is 5.69 Å². The zero-order chi connectivity index (χ0) is 70.5. The lowest BCUT2D eigenvalue weighted by atomic mass is 9.72. The summed E-state index contributed by atoms with van der Waals surface area (Å²) in [6.45, 7) is 15.4. The number of aromatic amines is 3. The summed E-state index contributed by atoms with van der Waals surface area (Å²) < 4.78 is 35.1. The van der Waals surface area contributed by atoms with Crippen LogP contribution in [0.25, 0.3) is 22.8 Å². The quantitative estimate of drug-likeness (QED) is 0.0495. The van der Waals surface area contributed by atoms with Gasteiger partial charge in [0.15, 0.2) is 0 Å². The number of aromatic nitrogens is 3. The van der Waals surface area contributed by atoms with E-state index in [1.165, 1.54) is 41.6 Å². The van der Waals surface area contributed by atoms with Crippen molar-refractivity contribution in [2.75, 3.05) is 48.0 Å². The highest BCUT2D eigenvalue weighted by Gasteiger charge is 2.28. The van der Waals surface area contributed by atoms with Crippen LogP contribution in [0.5, 0.6) is 34.5 Å². The fourth-order valence-corrected chi connectivity index (χ4v) is 13.0. The summed E-state index contributed by atoms with van der Waals surface area (Å²) in [6.07, 6.45) is 37.6. The molecule has 508 valence electrons. The maximum absolute atomic E-state index is 13.9. The number of amides is 1. The summed E-state index contributed by atoms with van der Waals surface area (Å²) in [5.41, 5.74) is 20.9. The molecule has 0 saturated heterocycles. The van der Waals surface area contributed by atoms with Crippen LogP contribution in [-0.2, 0) is 0 Å². The minimum atomic E-state index is -0.366. The van der Waals surface area contributed by atoms with Crippen molar-refractivity contribution in [1.82, 2.24) is 15.0 Å². The van der Waals surface area contributed by atoms with Crippen LogP contribution in [0.3, 0.4) is 0 Å². The highest BCUT2D eigenvalue weighted by Crippen LogP contribution is 2.43. The Labute approximate surface area is 588 Å². The molecule has 1 amide bonds. The number of benzene rings is 5. The van der Waals surface area contributed by atoms with Crippen molar-refractivity contribution in [3.05, 3.63) is 337 Å². The van der Waals surface area contributed by atoms with Gasteiger partial charge in [0.25, 0.3) is 5.91 Å². The molecule has 8 bridgehead atoms. The van der Waals surface area contributed by atoms with Gasteiger partial charge in [-0.1, -0.05) is 151 Å². The average molecular weight is 1330 g/mol. The van der Waals surface area contributed by atoms with Crippen LogP contribution in [0.2, 0.25) is 0 Å². The van der Waals surface area contributed by atoms with E-state index in [1.54, 1.807) is 42.7 Å². The third-order valence-electron chi connectivity index (χ3n) is 18.4. The van der Waals surface area contributed by atoms with E-state index in [9.17, 15) is 4.79 Å². The lowest BCUT2D eigenvalue weighted by Gasteiger charge is -2.32. The van der Waals surface area contributed by atoms with E-state index in [2.05, 4.69) is 202 Å². The lowest BCUT2D eigenvalue weighted by Crippen LogP contribution is -2.19. The molecule has 4 N–H and O–H groups in total. The molecule has 8 aromatic rings. The molecule has 1 atom stereocenters. The molecule has 3 aliphatic rings. The smallest absolute Gasteiger partial charge is 0.255 e. The van der Waals surface area contributed by atoms with Gasteiger partial charge in [0.1, 0.15) is 34.5 Å². The second-order valence-electron chi connectivity index (χ2n) is 26.1. The number of nitrogens with zero attached hydrogens (tertiary/aromatic N) is 1. The van der Waals surface area contributed by atoms with Crippen molar-refractivity contribution in [3.63, 3.8) is 0 Å². The molecule has 1 aliphatic carbocycles. The normalized spacial score (nSPS) is 16.1. The number of ether oxygens (including phenoxy) is 6. The fourth-order valence-electron chi connectivity index (χ4n) is 13.0. The van der Waals surface area contributed by atoms with Crippen molar-refractivity contribution in [2.24, 2.45) is 10.4 Å². The number of hydrogen-bond acceptors (Lipinski definition) is 8. The first-order chi connectivity index (χ1) is 48.4. The number of carbonyl (C=O) groups is 1. The van der Waals surface area contributed by atoms with Gasteiger partial charge in [0.2, 0.25) is 0 Å². The zero-order valence-corrected chi connectivity index (χ0v) is 59.5. The van der Waals surface area contributed by atoms with Gasteiger partial charge < -0.3 is 48.7 Å². The largest absolute Gasteiger partial charge is 0.497 e. The number of H-pyrrole nitrogens is 3. The van der Waals surface area contributed by atoms with Crippen molar-refractivity contribution in [1.29, 1.82) is 0 Å². The number of anilines is 1. The minimum absolute atomic E-state index is 0.216. The van der Waals surface area contributed by atoms with E-state index in [4.69, 9.17) is 33.4 Å².